The molecule has 2 rings (SSSR count). The molecule has 0 unspecified atom stereocenters. The summed E-state index contributed by atoms with van der Waals surface area (Å²) in [6.07, 6.45) is 7.94. The molecule has 74 valence electrons. The van der Waals surface area contributed by atoms with E-state index in [4.69, 9.17) is 0 Å². The zero-order valence-electron chi connectivity index (χ0n) is 8.08. The lowest BCUT2D eigenvalue weighted by Crippen LogP contribution is -1.69. The minimum absolute atomic E-state index is 0.901. The molecule has 0 spiro atoms. The summed E-state index contributed by atoms with van der Waals surface area (Å²) in [6.45, 7) is 0. The molecule has 0 aliphatic carbocycles. The van der Waals surface area contributed by atoms with Crippen molar-refractivity contribution in [1.82, 2.24) is 9.59 Å². The van der Waals surface area contributed by atoms with E-state index < -0.39 is 0 Å². The van der Waals surface area contributed by atoms with Crippen molar-refractivity contribution in [2.45, 2.75) is 0 Å². The number of nitrogens with zero attached hydrogens (tertiary/aromatic N) is 2. The normalized spacial score (nSPS) is 11.5. The third-order valence-corrected chi connectivity index (χ3v) is 2.37. The van der Waals surface area contributed by atoms with Gasteiger partial charge in [-0.15, -0.1) is 5.10 Å². The van der Waals surface area contributed by atoms with E-state index >= 15 is 0 Å². The second-order valence-corrected chi connectivity index (χ2v) is 3.57. The Morgan fingerprint density at radius 3 is 2.53 bits per heavy atom. The Morgan fingerprint density at radius 2 is 1.80 bits per heavy atom. The maximum absolute atomic E-state index is 3.91. The van der Waals surface area contributed by atoms with Crippen LogP contribution in [-0.4, -0.2) is 9.59 Å². The Bertz CT molecular complexity index is 444. The number of hydrogen-bond acceptors (Lipinski definition) is 3. The van der Waals surface area contributed by atoms with Crippen molar-refractivity contribution in [2.24, 2.45) is 0 Å². The van der Waals surface area contributed by atoms with E-state index in [2.05, 4.69) is 27.8 Å². The molecule has 1 aromatic carbocycles. The second kappa shape index (κ2) is 5.22. The minimum Gasteiger partial charge on any atom is -0.139 e. The Morgan fingerprint density at radius 1 is 1.00 bits per heavy atom. The fourth-order valence-electron chi connectivity index (χ4n) is 1.13. The maximum Gasteiger partial charge on any atom is 0.0981 e. The third kappa shape index (κ3) is 3.14. The van der Waals surface area contributed by atoms with Gasteiger partial charge in [-0.1, -0.05) is 53.0 Å². The Hall–Kier alpha value is -1.74. The van der Waals surface area contributed by atoms with E-state index in [1.807, 2.05) is 41.8 Å². The first kappa shape index (κ1) is 9.80. The van der Waals surface area contributed by atoms with Gasteiger partial charge >= 0.3 is 0 Å². The fourth-order valence-corrected chi connectivity index (χ4v) is 1.55. The predicted octanol–water partition coefficient (Wildman–Crippen LogP) is 3.26. The number of aromatic nitrogens is 2. The van der Waals surface area contributed by atoms with Gasteiger partial charge in [0.2, 0.25) is 0 Å². The van der Waals surface area contributed by atoms with Gasteiger partial charge in [-0.25, -0.2) is 0 Å². The van der Waals surface area contributed by atoms with Crippen molar-refractivity contribution in [3.63, 3.8) is 0 Å². The summed E-state index contributed by atoms with van der Waals surface area (Å²) in [5.74, 6) is 0. The summed E-state index contributed by atoms with van der Waals surface area (Å²) in [4.78, 5) is 0. The number of rotatable bonds is 3. The van der Waals surface area contributed by atoms with E-state index in [9.17, 15) is 0 Å². The van der Waals surface area contributed by atoms with Gasteiger partial charge in [0.25, 0.3) is 0 Å². The van der Waals surface area contributed by atoms with E-state index in [0.29, 0.717) is 0 Å². The van der Waals surface area contributed by atoms with Crippen molar-refractivity contribution in [3.8, 4) is 0 Å². The maximum atomic E-state index is 3.91. The molecule has 0 N–H and O–H groups in total. The summed E-state index contributed by atoms with van der Waals surface area (Å²) >= 11 is 1.36. The Labute approximate surface area is 92.8 Å². The molecule has 3 heteroatoms. The smallest absolute Gasteiger partial charge is 0.0981 e. The first-order valence-corrected chi connectivity index (χ1v) is 5.46. The predicted molar refractivity (Wildman–Crippen MR) is 64.4 cm³/mol. The van der Waals surface area contributed by atoms with Crippen LogP contribution in [0.1, 0.15) is 11.3 Å². The van der Waals surface area contributed by atoms with Crippen LogP contribution in [0.2, 0.25) is 0 Å². The van der Waals surface area contributed by atoms with Crippen LogP contribution >= 0.6 is 11.5 Å². The molecule has 0 amide bonds. The lowest BCUT2D eigenvalue weighted by molar-refractivity contribution is 1.14. The average molecular weight is 214 g/mol. The summed E-state index contributed by atoms with van der Waals surface area (Å²) in [6, 6.07) is 10.2. The molecule has 0 atom stereocenters. The van der Waals surface area contributed by atoms with Crippen molar-refractivity contribution < 1.29 is 0 Å². The highest BCUT2D eigenvalue weighted by Gasteiger charge is 1.85. The Balaban J connectivity index is 1.96. The van der Waals surface area contributed by atoms with Crippen LogP contribution in [0.25, 0.3) is 12.2 Å². The molecule has 0 radical (unpaired) electrons. The molecule has 1 aromatic heterocycles. The van der Waals surface area contributed by atoms with Gasteiger partial charge in [-0.2, -0.15) is 0 Å². The van der Waals surface area contributed by atoms with Crippen LogP contribution in [0.3, 0.4) is 0 Å². The zero-order chi connectivity index (χ0) is 10.3. The van der Waals surface area contributed by atoms with Gasteiger partial charge in [-0.05, 0) is 23.2 Å². The van der Waals surface area contributed by atoms with Crippen LogP contribution < -0.4 is 0 Å². The minimum atomic E-state index is 0.901. The van der Waals surface area contributed by atoms with Gasteiger partial charge in [0.15, 0.2) is 0 Å². The largest absolute Gasteiger partial charge is 0.139 e. The first-order valence-electron chi connectivity index (χ1n) is 4.62. The summed E-state index contributed by atoms with van der Waals surface area (Å²) in [7, 11) is 0. The van der Waals surface area contributed by atoms with E-state index in [1.165, 1.54) is 17.1 Å². The third-order valence-electron chi connectivity index (χ3n) is 1.84. The molecule has 0 bridgehead atoms. The first-order chi connectivity index (χ1) is 7.45. The molecule has 2 aromatic rings. The highest BCUT2D eigenvalue weighted by Crippen LogP contribution is 2.03. The summed E-state index contributed by atoms with van der Waals surface area (Å²) in [5, 5.41) is 5.82. The van der Waals surface area contributed by atoms with Crippen LogP contribution in [0, 0.1) is 0 Å². The highest BCUT2D eigenvalue weighted by molar-refractivity contribution is 7.03. The SMILES string of the molecule is C(/C=C/c1csnn1)=C\c1ccccc1. The average Bonchev–Trinajstić information content (AvgIpc) is 2.79. The molecule has 0 aliphatic heterocycles. The van der Waals surface area contributed by atoms with Crippen molar-refractivity contribution in [3.05, 3.63) is 59.1 Å². The van der Waals surface area contributed by atoms with Gasteiger partial charge in [-0.3, -0.25) is 0 Å². The van der Waals surface area contributed by atoms with Crippen molar-refractivity contribution in [1.29, 1.82) is 0 Å². The molecule has 0 saturated carbocycles. The zero-order valence-corrected chi connectivity index (χ0v) is 8.89. The standard InChI is InChI=1S/C12H10N2S/c1-2-6-11(7-3-1)8-4-5-9-12-10-15-14-13-12/h1-10H/b8-4+,9-5+. The van der Waals surface area contributed by atoms with E-state index in [-0.39, 0.29) is 0 Å². The quantitative estimate of drug-likeness (QED) is 0.733. The van der Waals surface area contributed by atoms with Gasteiger partial charge in [0, 0.05) is 5.38 Å². The van der Waals surface area contributed by atoms with Crippen LogP contribution in [0.15, 0.2) is 47.9 Å². The van der Waals surface area contributed by atoms with Gasteiger partial charge in [0.1, 0.15) is 0 Å². The number of benzene rings is 1. The van der Waals surface area contributed by atoms with E-state index in [0.717, 1.165) is 5.69 Å². The lowest BCUT2D eigenvalue weighted by Gasteiger charge is -1.88. The highest BCUT2D eigenvalue weighted by atomic mass is 32.1. The van der Waals surface area contributed by atoms with Gasteiger partial charge < -0.3 is 0 Å². The molecule has 0 aliphatic rings. The number of allylic oxidation sites excluding steroid dienone is 2. The van der Waals surface area contributed by atoms with Crippen molar-refractivity contribution in [2.75, 3.05) is 0 Å². The molecule has 15 heavy (non-hydrogen) atoms. The van der Waals surface area contributed by atoms with E-state index in [1.54, 1.807) is 0 Å². The van der Waals surface area contributed by atoms with Crippen LogP contribution in [-0.2, 0) is 0 Å². The fraction of sp³-hybridized carbons (Fsp3) is 0. The molecular formula is C12H10N2S. The Kier molecular flexibility index (Phi) is 3.41. The molecule has 1 heterocycles. The monoisotopic (exact) mass is 214 g/mol. The molecule has 0 fully saturated rings. The second-order valence-electron chi connectivity index (χ2n) is 2.96. The number of hydrogen-bond donors (Lipinski definition) is 0. The summed E-state index contributed by atoms with van der Waals surface area (Å²) in [5.41, 5.74) is 2.09. The molecule has 2 nitrogen and oxygen atoms in total. The van der Waals surface area contributed by atoms with Crippen LogP contribution in [0.4, 0.5) is 0 Å². The topological polar surface area (TPSA) is 25.8 Å². The van der Waals surface area contributed by atoms with Crippen molar-refractivity contribution >= 4 is 23.7 Å². The lowest BCUT2D eigenvalue weighted by atomic mass is 10.2. The summed E-state index contributed by atoms with van der Waals surface area (Å²) < 4.78 is 3.78. The molecular weight excluding hydrogens is 204 g/mol. The van der Waals surface area contributed by atoms with Crippen LogP contribution in [0.5, 0.6) is 0 Å². The van der Waals surface area contributed by atoms with Gasteiger partial charge in [0.05, 0.1) is 5.69 Å². The molecule has 0 saturated heterocycles.